The van der Waals surface area contributed by atoms with Crippen LogP contribution in [0.15, 0.2) is 39.9 Å². The van der Waals surface area contributed by atoms with Gasteiger partial charge in [-0.25, -0.2) is 4.79 Å². The van der Waals surface area contributed by atoms with Gasteiger partial charge in [0.2, 0.25) is 11.8 Å². The van der Waals surface area contributed by atoms with Crippen molar-refractivity contribution >= 4 is 23.3 Å². The van der Waals surface area contributed by atoms with Gasteiger partial charge in [-0.2, -0.15) is 0 Å². The molecule has 1 aromatic heterocycles. The van der Waals surface area contributed by atoms with E-state index in [1.807, 2.05) is 60.9 Å². The molecule has 1 aromatic carbocycles. The minimum Gasteiger partial charge on any atom is -0.383 e. The first kappa shape index (κ1) is 26.2. The Morgan fingerprint density at radius 3 is 2.34 bits per heavy atom. The van der Waals surface area contributed by atoms with Crippen LogP contribution in [0.4, 0.5) is 11.5 Å². The average molecular weight is 485 g/mol. The Morgan fingerprint density at radius 1 is 1.09 bits per heavy atom. The summed E-state index contributed by atoms with van der Waals surface area (Å²) in [6.45, 7) is 8.62. The zero-order chi connectivity index (χ0) is 25.5. The topological polar surface area (TPSA) is 125 Å². The molecule has 0 radical (unpaired) electrons. The van der Waals surface area contributed by atoms with Crippen molar-refractivity contribution in [3.8, 4) is 0 Å². The fourth-order valence-corrected chi connectivity index (χ4v) is 4.21. The number of nitrogens with one attached hydrogen (secondary N) is 1. The lowest BCUT2D eigenvalue weighted by molar-refractivity contribution is -0.136. The Kier molecular flexibility index (Phi) is 8.86. The number of rotatable bonds is 9. The van der Waals surface area contributed by atoms with E-state index in [1.54, 1.807) is 0 Å². The molecule has 3 rings (SSSR count). The second-order valence-corrected chi connectivity index (χ2v) is 9.22. The molecule has 0 bridgehead atoms. The van der Waals surface area contributed by atoms with Gasteiger partial charge in [0.25, 0.3) is 5.56 Å². The summed E-state index contributed by atoms with van der Waals surface area (Å²) < 4.78 is 1.29. The molecule has 2 heterocycles. The number of hydrogen-bond donors (Lipinski definition) is 2. The van der Waals surface area contributed by atoms with Gasteiger partial charge in [-0.15, -0.1) is 0 Å². The summed E-state index contributed by atoms with van der Waals surface area (Å²) in [5.74, 6) is -0.238. The number of nitrogens with zero attached hydrogens (tertiary/aromatic N) is 4. The lowest BCUT2D eigenvalue weighted by Gasteiger charge is -2.36. The molecule has 0 aliphatic carbocycles. The van der Waals surface area contributed by atoms with Gasteiger partial charge in [0, 0.05) is 38.6 Å². The molecule has 3 N–H and O–H groups in total. The minimum atomic E-state index is -0.673. The second kappa shape index (κ2) is 11.8. The Bertz CT molecular complexity index is 1130. The molecule has 1 aliphatic heterocycles. The first-order valence-corrected chi connectivity index (χ1v) is 12.2. The van der Waals surface area contributed by atoms with Crippen LogP contribution in [0, 0.1) is 5.92 Å². The van der Waals surface area contributed by atoms with Crippen LogP contribution < -0.4 is 21.9 Å². The number of piperazine rings is 1. The number of H-pyrrole nitrogens is 1. The number of aromatic nitrogens is 2. The van der Waals surface area contributed by atoms with E-state index in [1.165, 1.54) is 9.47 Å². The summed E-state index contributed by atoms with van der Waals surface area (Å²) in [5.41, 5.74) is 5.91. The Morgan fingerprint density at radius 2 is 1.74 bits per heavy atom. The van der Waals surface area contributed by atoms with E-state index in [-0.39, 0.29) is 42.3 Å². The largest absolute Gasteiger partial charge is 0.383 e. The molecule has 2 amide bonds. The molecule has 1 saturated heterocycles. The number of nitrogen functional groups attached to an aromatic ring is 1. The molecule has 190 valence electrons. The van der Waals surface area contributed by atoms with Gasteiger partial charge in [0.1, 0.15) is 5.82 Å². The number of benzene rings is 1. The summed E-state index contributed by atoms with van der Waals surface area (Å²) in [4.78, 5) is 58.6. The molecule has 0 unspecified atom stereocenters. The summed E-state index contributed by atoms with van der Waals surface area (Å²) in [6.07, 6.45) is 1.50. The fourth-order valence-electron chi connectivity index (χ4n) is 4.21. The molecule has 10 heteroatoms. The first-order valence-electron chi connectivity index (χ1n) is 12.2. The van der Waals surface area contributed by atoms with Gasteiger partial charge in [0.15, 0.2) is 5.69 Å². The van der Waals surface area contributed by atoms with Crippen molar-refractivity contribution < 1.29 is 9.59 Å². The standard InChI is InChI=1S/C25H36N6O4/c1-4-5-11-30(20(32)17-28-12-14-29(15-13-28)24(34)18(2)3)21-22(26)31(25(35)27-23(21)33)16-19-9-7-6-8-10-19/h6-10,18H,4-5,11-17,26H2,1-3H3,(H,27,33,35). The molecule has 1 aliphatic rings. The molecule has 0 saturated carbocycles. The maximum absolute atomic E-state index is 13.4. The molecule has 10 nitrogen and oxygen atoms in total. The average Bonchev–Trinajstić information content (AvgIpc) is 2.84. The van der Waals surface area contributed by atoms with Crippen LogP contribution in [-0.2, 0) is 16.1 Å². The van der Waals surface area contributed by atoms with Crippen LogP contribution in [0.2, 0.25) is 0 Å². The maximum atomic E-state index is 13.4. The predicted octanol–water partition coefficient (Wildman–Crippen LogP) is 1.10. The molecule has 0 atom stereocenters. The fraction of sp³-hybridized carbons (Fsp3) is 0.520. The highest BCUT2D eigenvalue weighted by molar-refractivity contribution is 5.96. The third-order valence-electron chi connectivity index (χ3n) is 6.24. The third-order valence-corrected chi connectivity index (χ3v) is 6.24. The van der Waals surface area contributed by atoms with Crippen LogP contribution in [-0.4, -0.2) is 70.4 Å². The smallest absolute Gasteiger partial charge is 0.330 e. The van der Waals surface area contributed by atoms with E-state index >= 15 is 0 Å². The first-order chi connectivity index (χ1) is 16.7. The van der Waals surface area contributed by atoms with Gasteiger partial charge in [-0.1, -0.05) is 57.5 Å². The Balaban J connectivity index is 1.83. The van der Waals surface area contributed by atoms with Gasteiger partial charge in [-0.05, 0) is 12.0 Å². The summed E-state index contributed by atoms with van der Waals surface area (Å²) in [5, 5.41) is 0. The maximum Gasteiger partial charge on any atom is 0.330 e. The van der Waals surface area contributed by atoms with Gasteiger partial charge in [0.05, 0.1) is 13.1 Å². The van der Waals surface area contributed by atoms with Crippen molar-refractivity contribution in [2.45, 2.75) is 40.2 Å². The van der Waals surface area contributed by atoms with E-state index in [0.717, 1.165) is 12.0 Å². The van der Waals surface area contributed by atoms with E-state index < -0.39 is 11.2 Å². The Hall–Kier alpha value is -3.40. The lowest BCUT2D eigenvalue weighted by Crippen LogP contribution is -2.53. The zero-order valence-corrected chi connectivity index (χ0v) is 20.8. The molecule has 1 fully saturated rings. The van der Waals surface area contributed by atoms with Crippen LogP contribution in [0.5, 0.6) is 0 Å². The van der Waals surface area contributed by atoms with E-state index in [2.05, 4.69) is 4.98 Å². The number of carbonyl (C=O) groups is 2. The van der Waals surface area contributed by atoms with Crippen molar-refractivity contribution in [3.63, 3.8) is 0 Å². The number of aromatic amines is 1. The second-order valence-electron chi connectivity index (χ2n) is 9.22. The molecule has 35 heavy (non-hydrogen) atoms. The van der Waals surface area contributed by atoms with Crippen molar-refractivity contribution in [1.29, 1.82) is 0 Å². The molecular formula is C25H36N6O4. The highest BCUT2D eigenvalue weighted by Gasteiger charge is 2.28. The minimum absolute atomic E-state index is 0.00704. The van der Waals surface area contributed by atoms with Crippen LogP contribution in [0.25, 0.3) is 0 Å². The number of carbonyl (C=O) groups excluding carboxylic acids is 2. The van der Waals surface area contributed by atoms with Crippen molar-refractivity contribution in [1.82, 2.24) is 19.4 Å². The number of anilines is 2. The normalized spacial score (nSPS) is 14.3. The SMILES string of the molecule is CCCCN(C(=O)CN1CCN(C(=O)C(C)C)CC1)c1c(N)n(Cc2ccccc2)c(=O)[nH]c1=O. The monoisotopic (exact) mass is 484 g/mol. The number of unbranched alkanes of at least 4 members (excludes halogenated alkanes) is 1. The zero-order valence-electron chi connectivity index (χ0n) is 20.8. The van der Waals surface area contributed by atoms with Crippen LogP contribution in [0.1, 0.15) is 39.2 Å². The van der Waals surface area contributed by atoms with E-state index in [4.69, 9.17) is 5.73 Å². The quantitative estimate of drug-likeness (QED) is 0.549. The molecule has 0 spiro atoms. The highest BCUT2D eigenvalue weighted by Crippen LogP contribution is 2.19. The van der Waals surface area contributed by atoms with Gasteiger partial charge in [-0.3, -0.25) is 28.8 Å². The summed E-state index contributed by atoms with van der Waals surface area (Å²) in [6, 6.07) is 9.31. The van der Waals surface area contributed by atoms with Crippen molar-refractivity contribution in [2.24, 2.45) is 5.92 Å². The number of amides is 2. The van der Waals surface area contributed by atoms with E-state index in [9.17, 15) is 19.2 Å². The predicted molar refractivity (Wildman–Crippen MR) is 136 cm³/mol. The third kappa shape index (κ3) is 6.39. The van der Waals surface area contributed by atoms with Crippen LogP contribution in [0.3, 0.4) is 0 Å². The number of nitrogens with two attached hydrogens (primary N) is 1. The van der Waals surface area contributed by atoms with Crippen molar-refractivity contribution in [2.75, 3.05) is 49.9 Å². The van der Waals surface area contributed by atoms with Crippen LogP contribution >= 0.6 is 0 Å². The summed E-state index contributed by atoms with van der Waals surface area (Å²) >= 11 is 0. The highest BCUT2D eigenvalue weighted by atomic mass is 16.2. The van der Waals surface area contributed by atoms with Crippen molar-refractivity contribution in [3.05, 3.63) is 56.7 Å². The Labute approximate surface area is 205 Å². The lowest BCUT2D eigenvalue weighted by atomic mass is 10.1. The van der Waals surface area contributed by atoms with Gasteiger partial charge < -0.3 is 15.5 Å². The van der Waals surface area contributed by atoms with Gasteiger partial charge >= 0.3 is 5.69 Å². The van der Waals surface area contributed by atoms with E-state index in [0.29, 0.717) is 39.1 Å². The molecule has 2 aromatic rings. The number of hydrogen-bond acceptors (Lipinski definition) is 6. The molecular weight excluding hydrogens is 448 g/mol. The summed E-state index contributed by atoms with van der Waals surface area (Å²) in [7, 11) is 0.